The molecule has 0 bridgehead atoms. The molecule has 0 radical (unpaired) electrons. The minimum atomic E-state index is -0.218. The van der Waals surface area contributed by atoms with Gasteiger partial charge in [-0.25, -0.2) is 0 Å². The van der Waals surface area contributed by atoms with E-state index >= 15 is 0 Å². The molecule has 10 aliphatic rings. The summed E-state index contributed by atoms with van der Waals surface area (Å²) in [7, 11) is 2.27. The van der Waals surface area contributed by atoms with E-state index in [2.05, 4.69) is 102 Å². The van der Waals surface area contributed by atoms with E-state index in [1.165, 1.54) is 288 Å². The number of hydrogen-bond donors (Lipinski definition) is 0. The lowest BCUT2D eigenvalue weighted by molar-refractivity contribution is 0.0952. The Labute approximate surface area is 867 Å². The fourth-order valence-corrected chi connectivity index (χ4v) is 40.7. The second-order valence-corrected chi connectivity index (χ2v) is 60.3. The SMILES string of the molecule is CC(C(=O)c1ccc(C2CCCCC2)cc1)[S+]1CCCC1.CC(C)(C(=O)c1ccc(Sc2ccccc2)cc1)[S+]1CCCC1.CC(C)[S+](C1CCCCC1)C(C(=O)c1ccccc1)C1CCCC1.CCOc1cc(C)c(C(=O)C[S+]2CCCC2)c(C)c1.CCSc1ccc(C(=O)C[S+]2CCCC2)cc1.O=C(C[S+]1CCCC1)c1ccc(OC2CCCCC2)cc1.O=C(C[S+]1CCCC1)c1ccccc1. The van der Waals surface area contributed by atoms with Gasteiger partial charge in [-0.3, -0.25) is 33.6 Å². The van der Waals surface area contributed by atoms with Gasteiger partial charge in [-0.15, -0.1) is 11.8 Å². The Kier molecular flexibility index (Phi) is 48.6. The van der Waals surface area contributed by atoms with Gasteiger partial charge in [0.25, 0.3) is 0 Å². The second kappa shape index (κ2) is 60.3. The number of thioether (sulfide) groups is 1. The van der Waals surface area contributed by atoms with Gasteiger partial charge >= 0.3 is 0 Å². The van der Waals surface area contributed by atoms with Crippen molar-refractivity contribution in [1.82, 2.24) is 0 Å². The molecule has 750 valence electrons. The first kappa shape index (κ1) is 112. The van der Waals surface area contributed by atoms with Gasteiger partial charge in [0.2, 0.25) is 40.5 Å². The number of carbonyl (C=O) groups excluding carboxylic acids is 7. The summed E-state index contributed by atoms with van der Waals surface area (Å²) in [4.78, 5) is 91.4. The minimum Gasteiger partial charge on any atom is -0.494 e. The summed E-state index contributed by atoms with van der Waals surface area (Å²) in [5.74, 6) is 24.8. The maximum atomic E-state index is 13.5. The molecule has 0 N–H and O–H groups in total. The molecule has 18 rings (SSSR count). The molecule has 4 aliphatic carbocycles. The van der Waals surface area contributed by atoms with Crippen LogP contribution in [0.3, 0.4) is 0 Å². The van der Waals surface area contributed by atoms with Crippen LogP contribution in [0.2, 0.25) is 0 Å². The van der Waals surface area contributed by atoms with Crippen molar-refractivity contribution in [3.8, 4) is 11.5 Å². The van der Waals surface area contributed by atoms with Gasteiger partial charge in [-0.05, 0) is 365 Å². The molecule has 18 heteroatoms. The van der Waals surface area contributed by atoms with Crippen LogP contribution in [0.25, 0.3) is 0 Å². The third kappa shape index (κ3) is 36.1. The van der Waals surface area contributed by atoms with Crippen molar-refractivity contribution in [3.63, 3.8) is 0 Å². The fourth-order valence-electron chi connectivity index (χ4n) is 21.3. The first-order chi connectivity index (χ1) is 67.6. The number of hydrogen-bond acceptors (Lipinski definition) is 11. The Hall–Kier alpha value is -5.80. The Morgan fingerprint density at radius 1 is 0.381 bits per heavy atom. The van der Waals surface area contributed by atoms with Gasteiger partial charge in [-0.1, -0.05) is 191 Å². The van der Waals surface area contributed by atoms with E-state index in [-0.39, 0.29) is 37.0 Å². The number of carbonyl (C=O) groups is 7. The summed E-state index contributed by atoms with van der Waals surface area (Å²) >= 11 is 3.55. The Morgan fingerprint density at radius 2 is 0.763 bits per heavy atom. The molecule has 8 aromatic carbocycles. The van der Waals surface area contributed by atoms with Gasteiger partial charge in [0.1, 0.15) is 91.0 Å². The molecule has 0 amide bonds. The van der Waals surface area contributed by atoms with E-state index in [1.54, 1.807) is 11.8 Å². The van der Waals surface area contributed by atoms with Crippen molar-refractivity contribution in [1.29, 1.82) is 0 Å². The number of benzene rings is 8. The van der Waals surface area contributed by atoms with Gasteiger partial charge in [0.15, 0.2) is 38.3 Å². The van der Waals surface area contributed by atoms with E-state index in [1.807, 2.05) is 172 Å². The van der Waals surface area contributed by atoms with Crippen LogP contribution >= 0.6 is 23.5 Å². The lowest BCUT2D eigenvalue weighted by Gasteiger charge is -2.32. The molecule has 6 saturated heterocycles. The summed E-state index contributed by atoms with van der Waals surface area (Å²) in [5.41, 5.74) is 9.83. The smallest absolute Gasteiger partial charge is 0.217 e. The fraction of sp³-hybridized carbons (Fsp3) is 0.545. The Balaban J connectivity index is 0.000000146. The van der Waals surface area contributed by atoms with Crippen LogP contribution in [0.15, 0.2) is 215 Å². The van der Waals surface area contributed by atoms with Crippen molar-refractivity contribution in [2.24, 2.45) is 5.92 Å². The topological polar surface area (TPSA) is 138 Å². The minimum absolute atomic E-state index is 0.218. The highest BCUT2D eigenvalue weighted by Crippen LogP contribution is 2.42. The van der Waals surface area contributed by atoms with E-state index in [4.69, 9.17) is 9.47 Å². The van der Waals surface area contributed by atoms with Crippen LogP contribution in [0.1, 0.15) is 343 Å². The number of rotatable bonds is 33. The summed E-state index contributed by atoms with van der Waals surface area (Å²) in [6.45, 7) is 20.0. The van der Waals surface area contributed by atoms with Crippen molar-refractivity contribution >= 4 is 140 Å². The molecule has 9 nitrogen and oxygen atoms in total. The van der Waals surface area contributed by atoms with Crippen molar-refractivity contribution in [3.05, 3.63) is 256 Å². The molecule has 4 saturated carbocycles. The number of ether oxygens (including phenoxy) is 2. The van der Waals surface area contributed by atoms with E-state index in [0.29, 0.717) is 119 Å². The maximum absolute atomic E-state index is 13.5. The molecule has 10 fully saturated rings. The van der Waals surface area contributed by atoms with E-state index < -0.39 is 0 Å². The average molecular weight is 2050 g/mol. The van der Waals surface area contributed by atoms with Crippen LogP contribution in [0.5, 0.6) is 11.5 Å². The van der Waals surface area contributed by atoms with Gasteiger partial charge in [0.05, 0.1) is 12.7 Å². The van der Waals surface area contributed by atoms with Crippen LogP contribution in [0, 0.1) is 19.8 Å². The number of aryl methyl sites for hydroxylation is 2. The normalized spacial score (nSPS) is 18.9. The highest BCUT2D eigenvalue weighted by atomic mass is 32.2. The van der Waals surface area contributed by atoms with Crippen molar-refractivity contribution in [2.45, 2.75) is 314 Å². The quantitative estimate of drug-likeness (QED) is 0.0221. The molecule has 8 aromatic rings. The van der Waals surface area contributed by atoms with Crippen LogP contribution < -0.4 is 9.47 Å². The zero-order valence-corrected chi connectivity index (χ0v) is 92.9. The number of Topliss-reactive ketones (excluding diaryl/α,β-unsaturated/α-hetero) is 7. The molecule has 139 heavy (non-hydrogen) atoms. The standard InChI is InChI=1S/C22H33OS.C20H23OS2.C19H27OS.C18H25O2S.C16H23O2S.C14H19OS2.C12H15OS/c1-17(2)24(20-15-7-4-8-16-20)22(19-13-9-10-14-19)21(23)18-11-5-3-6-12-18;1-20(2,23-14-6-7-15-23)19(21)16-10-12-18(13-11-16)22-17-8-4-3-5-9-17;1-15(21-13-5-6-14-21)19(20)18-11-9-17(10-12-18)16-7-3-2-4-8-16;19-18(14-21-12-4-5-13-21)15-8-10-17(11-9-15)20-16-6-2-1-3-7-16;1-4-18-14-9-12(2)16(13(3)10-14)15(17)11-19-7-5-6-8-19;1-2-16-13-7-5-12(6-8-13)14(15)11-17-9-3-4-10-17;13-12(10-14-8-4-5-9-14)11-6-2-1-3-7-11/h3,5-6,11-12,17,19-20,22H,4,7-10,13-16H2,1-2H3;3-5,8-13H,6-7,14-15H2,1-2H3;9-12,15-16H,2-8,13-14H2,1H3;8-11,16H,1-7,12-14H2;9-10H,4-8,11H2,1-3H3;5-8H,2-4,9-11H2,1H3;1-3,6-7H,4-5,8-10H2/q7*+1. The van der Waals surface area contributed by atoms with Gasteiger partial charge in [0, 0.05) is 81.3 Å². The predicted octanol–water partition coefficient (Wildman–Crippen LogP) is 28.7. The van der Waals surface area contributed by atoms with Crippen molar-refractivity contribution in [2.75, 3.05) is 104 Å². The molecular formula is C121H165O9S9+7. The summed E-state index contributed by atoms with van der Waals surface area (Å²) in [6.07, 6.45) is 41.2. The lowest BCUT2D eigenvalue weighted by atomic mass is 9.84. The van der Waals surface area contributed by atoms with Gasteiger partial charge in [-0.2, -0.15) is 0 Å². The Morgan fingerprint density at radius 3 is 1.23 bits per heavy atom. The van der Waals surface area contributed by atoms with Crippen LogP contribution in [-0.4, -0.2) is 177 Å². The summed E-state index contributed by atoms with van der Waals surface area (Å²) < 4.78 is 11.3. The first-order valence-corrected chi connectivity index (χ1v) is 66.6. The maximum Gasteiger partial charge on any atom is 0.217 e. The third-order valence-corrected chi connectivity index (χ3v) is 50.1. The summed E-state index contributed by atoms with van der Waals surface area (Å²) in [5, 5.41) is 1.93. The van der Waals surface area contributed by atoms with Gasteiger partial charge < -0.3 is 9.47 Å². The second-order valence-electron chi connectivity index (χ2n) is 40.2. The first-order valence-electron chi connectivity index (χ1n) is 53.2. The molecular weight excluding hydrogens is 1890 g/mol. The molecule has 0 aromatic heterocycles. The van der Waals surface area contributed by atoms with Crippen LogP contribution in [0.4, 0.5) is 0 Å². The van der Waals surface area contributed by atoms with E-state index in [0.717, 1.165) is 102 Å². The highest BCUT2D eigenvalue weighted by molar-refractivity contribution is 8.01. The Bertz CT molecular complexity index is 4950. The highest BCUT2D eigenvalue weighted by Gasteiger charge is 2.51. The zero-order chi connectivity index (χ0) is 98.1. The lowest BCUT2D eigenvalue weighted by Crippen LogP contribution is -2.47. The molecule has 3 unspecified atom stereocenters. The van der Waals surface area contributed by atoms with E-state index in [9.17, 15) is 33.6 Å². The number of ketones is 7. The largest absolute Gasteiger partial charge is 0.494 e. The molecule has 6 heterocycles. The molecule has 3 atom stereocenters. The zero-order valence-electron chi connectivity index (χ0n) is 85.6. The molecule has 6 aliphatic heterocycles. The monoisotopic (exact) mass is 2050 g/mol. The third-order valence-electron chi connectivity index (χ3n) is 29.0. The summed E-state index contributed by atoms with van der Waals surface area (Å²) in [6, 6.07) is 66.8. The average Bonchev–Trinajstić information content (AvgIpc) is 1.49. The molecule has 0 spiro atoms. The van der Waals surface area contributed by atoms with Crippen LogP contribution in [-0.2, 0) is 76.3 Å². The van der Waals surface area contributed by atoms with Crippen molar-refractivity contribution < 1.29 is 43.0 Å². The predicted molar refractivity (Wildman–Crippen MR) is 612 cm³/mol.